The molecule has 0 aromatic carbocycles. The maximum Gasteiger partial charge on any atom is 0.329 e. The van der Waals surface area contributed by atoms with Crippen molar-refractivity contribution in [2.24, 2.45) is 5.92 Å². The van der Waals surface area contributed by atoms with Crippen molar-refractivity contribution in [3.8, 4) is 6.07 Å². The summed E-state index contributed by atoms with van der Waals surface area (Å²) in [5, 5.41) is 18.4. The van der Waals surface area contributed by atoms with Gasteiger partial charge in [-0.2, -0.15) is 5.26 Å². The Balaban J connectivity index is 2.94. The molecule has 0 spiro atoms. The minimum absolute atomic E-state index is 0.262. The van der Waals surface area contributed by atoms with Gasteiger partial charge in [-0.1, -0.05) is 6.92 Å². The van der Waals surface area contributed by atoms with Crippen LogP contribution in [0.1, 0.15) is 40.0 Å². The normalized spacial score (nSPS) is 23.2. The molecule has 0 aromatic rings. The highest BCUT2D eigenvalue weighted by molar-refractivity contribution is 5.87. The maximum absolute atomic E-state index is 12.6. The number of likely N-dealkylation sites (tertiary alicyclic amines) is 1. The van der Waals surface area contributed by atoms with E-state index < -0.39 is 11.5 Å². The lowest BCUT2D eigenvalue weighted by atomic mass is 9.93. The van der Waals surface area contributed by atoms with Crippen LogP contribution in [0.15, 0.2) is 0 Å². The Bertz CT molecular complexity index is 418. The van der Waals surface area contributed by atoms with Crippen LogP contribution >= 0.6 is 0 Å². The molecule has 2 unspecified atom stereocenters. The number of carboxylic acids is 1. The second-order valence-corrected chi connectivity index (χ2v) is 5.30. The standard InChI is InChI=1S/C14H23N3O3/c1-4-14(12(18)19)7-6-8-17(14)13(20)16(5-2)10-11(3)9-15/h11H,4-8,10H2,1-3H3,(H,18,19). The number of nitriles is 1. The fraction of sp³-hybridized carbons (Fsp3) is 0.786. The van der Waals surface area contributed by atoms with Gasteiger partial charge in [0.05, 0.1) is 12.0 Å². The lowest BCUT2D eigenvalue weighted by molar-refractivity contribution is -0.148. The number of nitrogens with zero attached hydrogens (tertiary/aromatic N) is 3. The van der Waals surface area contributed by atoms with E-state index in [1.54, 1.807) is 18.7 Å². The number of carbonyl (C=O) groups excluding carboxylic acids is 1. The average molecular weight is 281 g/mol. The van der Waals surface area contributed by atoms with Crippen LogP contribution in [0, 0.1) is 17.2 Å². The summed E-state index contributed by atoms with van der Waals surface area (Å²) in [5.74, 6) is -1.20. The molecule has 20 heavy (non-hydrogen) atoms. The monoisotopic (exact) mass is 281 g/mol. The summed E-state index contributed by atoms with van der Waals surface area (Å²) in [5.41, 5.74) is -1.08. The Kier molecular flexibility index (Phi) is 5.37. The van der Waals surface area contributed by atoms with Gasteiger partial charge >= 0.3 is 12.0 Å². The number of urea groups is 1. The molecule has 1 aliphatic heterocycles. The van der Waals surface area contributed by atoms with Crippen molar-refractivity contribution < 1.29 is 14.7 Å². The number of rotatable bonds is 5. The zero-order valence-electron chi connectivity index (χ0n) is 12.4. The highest BCUT2D eigenvalue weighted by Gasteiger charge is 2.49. The summed E-state index contributed by atoms with van der Waals surface area (Å²) in [6, 6.07) is 1.84. The van der Waals surface area contributed by atoms with Gasteiger partial charge in [-0.15, -0.1) is 0 Å². The van der Waals surface area contributed by atoms with Gasteiger partial charge < -0.3 is 14.9 Å². The van der Waals surface area contributed by atoms with Crippen LogP contribution in [0.4, 0.5) is 4.79 Å². The zero-order valence-corrected chi connectivity index (χ0v) is 12.4. The molecule has 0 radical (unpaired) electrons. The van der Waals surface area contributed by atoms with E-state index in [-0.39, 0.29) is 11.9 Å². The van der Waals surface area contributed by atoms with Crippen molar-refractivity contribution in [2.75, 3.05) is 19.6 Å². The Hall–Kier alpha value is -1.77. The van der Waals surface area contributed by atoms with Crippen LogP contribution in [0.2, 0.25) is 0 Å². The molecule has 0 aromatic heterocycles. The van der Waals surface area contributed by atoms with Crippen LogP contribution in [-0.2, 0) is 4.79 Å². The summed E-state index contributed by atoms with van der Waals surface area (Å²) in [4.78, 5) is 27.2. The molecule has 112 valence electrons. The van der Waals surface area contributed by atoms with Gasteiger partial charge in [0.1, 0.15) is 5.54 Å². The van der Waals surface area contributed by atoms with Crippen LogP contribution in [0.5, 0.6) is 0 Å². The fourth-order valence-electron chi connectivity index (χ4n) is 2.78. The number of hydrogen-bond acceptors (Lipinski definition) is 3. The quantitative estimate of drug-likeness (QED) is 0.834. The van der Waals surface area contributed by atoms with Crippen molar-refractivity contribution in [3.63, 3.8) is 0 Å². The molecule has 0 aliphatic carbocycles. The first-order valence-electron chi connectivity index (χ1n) is 7.12. The molecule has 1 aliphatic rings. The molecule has 1 fully saturated rings. The number of carboxylic acid groups (broad SMARTS) is 1. The van der Waals surface area contributed by atoms with Crippen LogP contribution in [-0.4, -0.2) is 52.1 Å². The second-order valence-electron chi connectivity index (χ2n) is 5.30. The summed E-state index contributed by atoms with van der Waals surface area (Å²) >= 11 is 0. The first-order valence-corrected chi connectivity index (χ1v) is 7.12. The first-order chi connectivity index (χ1) is 9.42. The Labute approximate surface area is 120 Å². The van der Waals surface area contributed by atoms with Crippen molar-refractivity contribution >= 4 is 12.0 Å². The Morgan fingerprint density at radius 1 is 1.50 bits per heavy atom. The molecular formula is C14H23N3O3. The number of hydrogen-bond donors (Lipinski definition) is 1. The molecule has 1 rings (SSSR count). The summed E-state index contributed by atoms with van der Waals surface area (Å²) in [7, 11) is 0. The molecule has 2 atom stereocenters. The van der Waals surface area contributed by atoms with Gasteiger partial charge in [-0.3, -0.25) is 0 Å². The van der Waals surface area contributed by atoms with Crippen molar-refractivity contribution in [2.45, 2.75) is 45.6 Å². The highest BCUT2D eigenvalue weighted by atomic mass is 16.4. The largest absolute Gasteiger partial charge is 0.479 e. The Morgan fingerprint density at radius 2 is 2.15 bits per heavy atom. The van der Waals surface area contributed by atoms with Gasteiger partial charge in [0.25, 0.3) is 0 Å². The van der Waals surface area contributed by atoms with E-state index in [1.165, 1.54) is 4.90 Å². The second kappa shape index (κ2) is 6.60. The summed E-state index contributed by atoms with van der Waals surface area (Å²) in [6.07, 6.45) is 1.60. The van der Waals surface area contributed by atoms with Crippen LogP contribution in [0.3, 0.4) is 0 Å². The van der Waals surface area contributed by atoms with Crippen LogP contribution in [0.25, 0.3) is 0 Å². The highest BCUT2D eigenvalue weighted by Crippen LogP contribution is 2.33. The van der Waals surface area contributed by atoms with E-state index in [1.807, 2.05) is 6.92 Å². The molecule has 1 N–H and O–H groups in total. The van der Waals surface area contributed by atoms with E-state index in [0.717, 1.165) is 0 Å². The fourth-order valence-corrected chi connectivity index (χ4v) is 2.78. The molecule has 0 bridgehead atoms. The van der Waals surface area contributed by atoms with Crippen molar-refractivity contribution in [1.29, 1.82) is 5.26 Å². The van der Waals surface area contributed by atoms with E-state index in [0.29, 0.717) is 38.9 Å². The molecule has 2 amide bonds. The zero-order chi connectivity index (χ0) is 15.3. The lowest BCUT2D eigenvalue weighted by Gasteiger charge is -2.37. The van der Waals surface area contributed by atoms with E-state index >= 15 is 0 Å². The molecule has 1 saturated heterocycles. The third-order valence-electron chi connectivity index (χ3n) is 4.07. The Morgan fingerprint density at radius 3 is 2.60 bits per heavy atom. The average Bonchev–Trinajstić information content (AvgIpc) is 2.88. The number of aliphatic carboxylic acids is 1. The predicted molar refractivity (Wildman–Crippen MR) is 74.0 cm³/mol. The lowest BCUT2D eigenvalue weighted by Crippen LogP contribution is -2.57. The molecule has 6 heteroatoms. The topological polar surface area (TPSA) is 84.6 Å². The van der Waals surface area contributed by atoms with Crippen molar-refractivity contribution in [1.82, 2.24) is 9.80 Å². The van der Waals surface area contributed by atoms with E-state index in [4.69, 9.17) is 5.26 Å². The van der Waals surface area contributed by atoms with Gasteiger partial charge in [0.2, 0.25) is 0 Å². The van der Waals surface area contributed by atoms with E-state index in [9.17, 15) is 14.7 Å². The first kappa shape index (κ1) is 16.3. The van der Waals surface area contributed by atoms with Gasteiger partial charge in [0.15, 0.2) is 0 Å². The van der Waals surface area contributed by atoms with Crippen molar-refractivity contribution in [3.05, 3.63) is 0 Å². The maximum atomic E-state index is 12.6. The molecule has 0 saturated carbocycles. The van der Waals surface area contributed by atoms with Gasteiger partial charge in [-0.05, 0) is 33.1 Å². The predicted octanol–water partition coefficient (Wildman–Crippen LogP) is 1.92. The molecule has 1 heterocycles. The third kappa shape index (κ3) is 2.87. The summed E-state index contributed by atoms with van der Waals surface area (Å²) in [6.45, 7) is 6.67. The van der Waals surface area contributed by atoms with Crippen LogP contribution < -0.4 is 0 Å². The third-order valence-corrected chi connectivity index (χ3v) is 4.07. The summed E-state index contributed by atoms with van der Waals surface area (Å²) < 4.78 is 0. The number of carbonyl (C=O) groups is 2. The molecule has 6 nitrogen and oxygen atoms in total. The minimum atomic E-state index is -1.08. The SMILES string of the molecule is CCN(CC(C)C#N)C(=O)N1CCCC1(CC)C(=O)O. The van der Waals surface area contributed by atoms with Gasteiger partial charge in [-0.25, -0.2) is 9.59 Å². The van der Waals surface area contributed by atoms with E-state index in [2.05, 4.69) is 6.07 Å². The smallest absolute Gasteiger partial charge is 0.329 e. The number of amides is 2. The van der Waals surface area contributed by atoms with Gasteiger partial charge in [0, 0.05) is 19.6 Å². The minimum Gasteiger partial charge on any atom is -0.479 e. The molecular weight excluding hydrogens is 258 g/mol.